The van der Waals surface area contributed by atoms with Gasteiger partial charge in [-0.05, 0) is 55.6 Å². The molecule has 5 rings (SSSR count). The summed E-state index contributed by atoms with van der Waals surface area (Å²) in [5, 5.41) is 7.43. The van der Waals surface area contributed by atoms with E-state index in [0.29, 0.717) is 6.04 Å². The second kappa shape index (κ2) is 8.65. The van der Waals surface area contributed by atoms with Crippen LogP contribution < -0.4 is 10.6 Å². The van der Waals surface area contributed by atoms with Gasteiger partial charge in [0.2, 0.25) is 0 Å². The smallest absolute Gasteiger partial charge is 0.170 e. The minimum atomic E-state index is 0.616. The first-order chi connectivity index (χ1) is 12.8. The van der Waals surface area contributed by atoms with Crippen molar-refractivity contribution in [2.45, 2.75) is 18.9 Å². The molecule has 26 heavy (non-hydrogen) atoms. The topological polar surface area (TPSA) is 39.8 Å². The van der Waals surface area contributed by atoms with Crippen LogP contribution in [0.3, 0.4) is 0 Å². The fraction of sp³-hybridized carbons (Fsp3) is 0.650. The van der Waals surface area contributed by atoms with Crippen LogP contribution in [-0.4, -0.2) is 73.4 Å². The van der Waals surface area contributed by atoms with Gasteiger partial charge in [-0.25, -0.2) is 0 Å². The van der Waals surface area contributed by atoms with Gasteiger partial charge in [0.1, 0.15) is 0 Å². The van der Waals surface area contributed by atoms with Gasteiger partial charge in [0.25, 0.3) is 0 Å². The highest BCUT2D eigenvalue weighted by Gasteiger charge is 2.40. The lowest BCUT2D eigenvalue weighted by atomic mass is 9.75. The largest absolute Gasteiger partial charge is 0.379 e. The minimum absolute atomic E-state index is 0.616. The predicted octanol–water partition coefficient (Wildman–Crippen LogP) is 2.02. The minimum Gasteiger partial charge on any atom is -0.379 e. The molecule has 2 N–H and O–H groups in total. The van der Waals surface area contributed by atoms with Crippen molar-refractivity contribution in [1.82, 2.24) is 15.1 Å². The molecule has 4 heterocycles. The Bertz CT molecular complexity index is 593. The Labute approximate surface area is 162 Å². The van der Waals surface area contributed by atoms with Crippen molar-refractivity contribution in [3.63, 3.8) is 0 Å². The molecule has 0 amide bonds. The lowest BCUT2D eigenvalue weighted by Crippen LogP contribution is -2.59. The third kappa shape index (κ3) is 4.55. The molecular formula is C20H30N4OS. The molecule has 0 spiro atoms. The maximum Gasteiger partial charge on any atom is 0.170 e. The number of anilines is 1. The normalized spacial score (nSPS) is 31.5. The lowest BCUT2D eigenvalue weighted by Gasteiger charge is -2.51. The SMILES string of the molecule is S=C(NC[C@@H]1C[C@H]2CCN1C[C@@H]2CN1CCOCC1)Nc1ccccc1. The molecule has 5 nitrogen and oxygen atoms in total. The van der Waals surface area contributed by atoms with Gasteiger partial charge in [-0.15, -0.1) is 0 Å². The van der Waals surface area contributed by atoms with Crippen LogP contribution in [0.25, 0.3) is 0 Å². The van der Waals surface area contributed by atoms with Crippen molar-refractivity contribution >= 4 is 23.0 Å². The predicted molar refractivity (Wildman–Crippen MR) is 109 cm³/mol. The molecule has 0 radical (unpaired) electrons. The van der Waals surface area contributed by atoms with Crippen molar-refractivity contribution in [1.29, 1.82) is 0 Å². The summed E-state index contributed by atoms with van der Waals surface area (Å²) in [5.74, 6) is 1.69. The van der Waals surface area contributed by atoms with Crippen LogP contribution >= 0.6 is 12.2 Å². The number of piperidine rings is 3. The van der Waals surface area contributed by atoms with Crippen LogP contribution in [0, 0.1) is 11.8 Å². The number of para-hydroxylation sites is 1. The van der Waals surface area contributed by atoms with Gasteiger partial charge in [0.05, 0.1) is 13.2 Å². The summed E-state index contributed by atoms with van der Waals surface area (Å²) in [6, 6.07) is 10.7. The van der Waals surface area contributed by atoms with Crippen molar-refractivity contribution < 1.29 is 4.74 Å². The molecule has 4 aliphatic heterocycles. The zero-order valence-electron chi connectivity index (χ0n) is 15.4. The summed E-state index contributed by atoms with van der Waals surface area (Å²) in [6.07, 6.45) is 2.66. The first-order valence-corrected chi connectivity index (χ1v) is 10.3. The Kier molecular flexibility index (Phi) is 6.05. The van der Waals surface area contributed by atoms with Crippen molar-refractivity contribution in [3.8, 4) is 0 Å². The van der Waals surface area contributed by atoms with E-state index in [1.54, 1.807) is 0 Å². The Morgan fingerprint density at radius 2 is 1.96 bits per heavy atom. The van der Waals surface area contributed by atoms with Crippen LogP contribution in [0.2, 0.25) is 0 Å². The second-order valence-electron chi connectivity index (χ2n) is 7.81. The van der Waals surface area contributed by atoms with Crippen LogP contribution in [0.1, 0.15) is 12.8 Å². The highest BCUT2D eigenvalue weighted by Crippen LogP contribution is 2.36. The number of rotatable bonds is 5. The summed E-state index contributed by atoms with van der Waals surface area (Å²) in [7, 11) is 0. The van der Waals surface area contributed by atoms with E-state index < -0.39 is 0 Å². The molecule has 1 unspecified atom stereocenters. The number of thiocarbonyl (C=S) groups is 1. The van der Waals surface area contributed by atoms with E-state index in [0.717, 1.165) is 55.5 Å². The molecule has 0 aliphatic carbocycles. The van der Waals surface area contributed by atoms with Gasteiger partial charge in [0, 0.05) is 44.5 Å². The summed E-state index contributed by atoms with van der Waals surface area (Å²) in [4.78, 5) is 5.28. The van der Waals surface area contributed by atoms with Gasteiger partial charge in [-0.2, -0.15) is 0 Å². The standard InChI is InChI=1S/C20H30N4OS/c26-20(22-18-4-2-1-3-5-18)21-13-19-12-16-6-7-24(19)15-17(16)14-23-8-10-25-11-9-23/h1-5,16-17,19H,6-15H2,(H2,21,22,26)/t16-,17+,19+/m1/s1. The Morgan fingerprint density at radius 1 is 1.15 bits per heavy atom. The van der Waals surface area contributed by atoms with Gasteiger partial charge in [-0.1, -0.05) is 18.2 Å². The van der Waals surface area contributed by atoms with E-state index >= 15 is 0 Å². The zero-order chi connectivity index (χ0) is 17.8. The molecule has 6 heteroatoms. The maximum atomic E-state index is 5.49. The summed E-state index contributed by atoms with van der Waals surface area (Å²) in [5.41, 5.74) is 1.04. The molecular weight excluding hydrogens is 344 g/mol. The number of nitrogens with one attached hydrogen (secondary N) is 2. The van der Waals surface area contributed by atoms with Gasteiger partial charge < -0.3 is 15.4 Å². The summed E-state index contributed by atoms with van der Waals surface area (Å²) >= 11 is 5.46. The Balaban J connectivity index is 1.23. The fourth-order valence-corrected chi connectivity index (χ4v) is 4.89. The number of morpholine rings is 1. The molecule has 0 aromatic heterocycles. The monoisotopic (exact) mass is 374 g/mol. The molecule has 1 aromatic rings. The van der Waals surface area contributed by atoms with Crippen molar-refractivity contribution in [2.75, 3.05) is 57.8 Å². The third-order valence-corrected chi connectivity index (χ3v) is 6.39. The summed E-state index contributed by atoms with van der Waals surface area (Å²) in [6.45, 7) is 8.70. The molecule has 4 fully saturated rings. The van der Waals surface area contributed by atoms with Gasteiger partial charge in [0.15, 0.2) is 5.11 Å². The molecule has 2 bridgehead atoms. The van der Waals surface area contributed by atoms with Gasteiger partial charge >= 0.3 is 0 Å². The highest BCUT2D eigenvalue weighted by atomic mass is 32.1. The van der Waals surface area contributed by atoms with E-state index in [1.165, 1.54) is 32.5 Å². The van der Waals surface area contributed by atoms with Crippen LogP contribution in [0.4, 0.5) is 5.69 Å². The molecule has 0 saturated carbocycles. The average Bonchev–Trinajstić information content (AvgIpc) is 2.69. The lowest BCUT2D eigenvalue weighted by molar-refractivity contribution is -0.0286. The third-order valence-electron chi connectivity index (χ3n) is 6.14. The van der Waals surface area contributed by atoms with Crippen LogP contribution in [0.15, 0.2) is 30.3 Å². The van der Waals surface area contributed by atoms with Crippen LogP contribution in [0.5, 0.6) is 0 Å². The van der Waals surface area contributed by atoms with E-state index in [4.69, 9.17) is 17.0 Å². The number of benzene rings is 1. The first-order valence-electron chi connectivity index (χ1n) is 9.92. The highest BCUT2D eigenvalue weighted by molar-refractivity contribution is 7.80. The molecule has 142 valence electrons. The Morgan fingerprint density at radius 3 is 2.69 bits per heavy atom. The van der Waals surface area contributed by atoms with E-state index in [9.17, 15) is 0 Å². The van der Waals surface area contributed by atoms with Crippen LogP contribution in [-0.2, 0) is 4.74 Å². The summed E-state index contributed by atoms with van der Waals surface area (Å²) < 4.78 is 5.49. The van der Waals surface area contributed by atoms with E-state index in [1.807, 2.05) is 30.3 Å². The molecule has 4 atom stereocenters. The molecule has 4 saturated heterocycles. The number of nitrogens with zero attached hydrogens (tertiary/aromatic N) is 2. The fourth-order valence-electron chi connectivity index (χ4n) is 4.69. The average molecular weight is 375 g/mol. The van der Waals surface area contributed by atoms with Crippen molar-refractivity contribution in [2.24, 2.45) is 11.8 Å². The first kappa shape index (κ1) is 18.2. The Hall–Kier alpha value is -1.21. The van der Waals surface area contributed by atoms with Gasteiger partial charge in [-0.3, -0.25) is 9.80 Å². The molecule has 1 aromatic carbocycles. The number of hydrogen-bond donors (Lipinski definition) is 2. The molecule has 4 aliphatic rings. The van der Waals surface area contributed by atoms with E-state index in [2.05, 4.69) is 20.4 Å². The number of hydrogen-bond acceptors (Lipinski definition) is 4. The number of ether oxygens (including phenoxy) is 1. The number of fused-ring (bicyclic) bond motifs is 3. The maximum absolute atomic E-state index is 5.49. The zero-order valence-corrected chi connectivity index (χ0v) is 16.2. The van der Waals surface area contributed by atoms with E-state index in [-0.39, 0.29) is 0 Å². The quantitative estimate of drug-likeness (QED) is 0.769. The van der Waals surface area contributed by atoms with Crippen molar-refractivity contribution in [3.05, 3.63) is 30.3 Å². The second-order valence-corrected chi connectivity index (χ2v) is 8.22.